The molecule has 0 atom stereocenters. The van der Waals surface area contributed by atoms with Gasteiger partial charge in [0.2, 0.25) is 5.24 Å². The van der Waals surface area contributed by atoms with Crippen molar-refractivity contribution in [3.63, 3.8) is 0 Å². The Morgan fingerprint density at radius 2 is 1.39 bits per heavy atom. The summed E-state index contributed by atoms with van der Waals surface area (Å²) < 4.78 is 0. The van der Waals surface area contributed by atoms with Crippen LogP contribution in [0.15, 0.2) is 54.9 Å². The van der Waals surface area contributed by atoms with Crippen molar-refractivity contribution < 1.29 is 9.59 Å². The average molecular weight is 829 g/mol. The predicted molar refractivity (Wildman–Crippen MR) is 167 cm³/mol. The second-order valence-electron chi connectivity index (χ2n) is 7.30. The van der Waals surface area contributed by atoms with Gasteiger partial charge in [0, 0.05) is 57.9 Å². The molecule has 4 aromatic rings. The molecule has 36 heavy (non-hydrogen) atoms. The van der Waals surface area contributed by atoms with Crippen LogP contribution in [0.5, 0.6) is 0 Å². The van der Waals surface area contributed by atoms with Crippen molar-refractivity contribution in [2.45, 2.75) is 26.7 Å². The van der Waals surface area contributed by atoms with E-state index in [1.54, 1.807) is 0 Å². The third kappa shape index (κ3) is 13.2. The Hall–Kier alpha value is 0.0687. The van der Waals surface area contributed by atoms with Crippen LogP contribution in [-0.4, -0.2) is 45.5 Å². The van der Waals surface area contributed by atoms with Gasteiger partial charge in [0.25, 0.3) is 0 Å². The second-order valence-corrected chi connectivity index (χ2v) is 34.8. The monoisotopic (exact) mass is 826 g/mol. The van der Waals surface area contributed by atoms with Crippen LogP contribution in [0.4, 0.5) is 0 Å². The standard InChI is InChI=1S/C12H12BrNO.C9H9N.C3H4BrClO.4ClH.Sn/c1-8-3-2-4-9-10(7-14-12(8)9)11(15)5-6-13;1-7-3-2-4-8-5-6-10-9(7)8;4-2-1-3(5)6;;;;;/h2-4,7,14H,5-6H2,1H3;2-6,10H,1H3;1-2H2;4*1H;/q;;;;;;;+4/p-4. The number of hydrogen-bond acceptors (Lipinski definition) is 2. The number of fused-ring (bicyclic) bond motifs is 2. The molecule has 0 fully saturated rings. The van der Waals surface area contributed by atoms with Gasteiger partial charge in [-0.15, -0.1) is 0 Å². The van der Waals surface area contributed by atoms with E-state index in [0.29, 0.717) is 23.5 Å². The summed E-state index contributed by atoms with van der Waals surface area (Å²) in [4.78, 5) is 27.9. The van der Waals surface area contributed by atoms with Gasteiger partial charge in [-0.3, -0.25) is 9.59 Å². The first-order valence-corrected chi connectivity index (χ1v) is 27.6. The van der Waals surface area contributed by atoms with Crippen LogP contribution in [0.25, 0.3) is 21.8 Å². The summed E-state index contributed by atoms with van der Waals surface area (Å²) in [7, 11) is 20.1. The molecule has 0 aliphatic carbocycles. The normalized spacial score (nSPS) is 10.5. The van der Waals surface area contributed by atoms with E-state index in [1.807, 2.05) is 37.5 Å². The van der Waals surface area contributed by atoms with Crippen molar-refractivity contribution in [2.75, 3.05) is 10.7 Å². The zero-order valence-corrected chi connectivity index (χ0v) is 29.3. The average Bonchev–Trinajstić information content (AvgIpc) is 3.42. The van der Waals surface area contributed by atoms with Gasteiger partial charge in [0.1, 0.15) is 0 Å². The molecule has 2 N–H and O–H groups in total. The molecule has 0 spiro atoms. The number of alkyl halides is 2. The first kappa shape index (κ1) is 34.1. The molecule has 0 bridgehead atoms. The minimum absolute atomic E-state index is 0.184. The predicted octanol–water partition coefficient (Wildman–Crippen LogP) is 9.83. The van der Waals surface area contributed by atoms with Crippen molar-refractivity contribution in [3.05, 3.63) is 71.5 Å². The van der Waals surface area contributed by atoms with Crippen molar-refractivity contribution >= 4 is 126 Å². The quantitative estimate of drug-likeness (QED) is 0.0911. The molecule has 2 aromatic carbocycles. The number of halogens is 7. The third-order valence-corrected chi connectivity index (χ3v) is 5.61. The van der Waals surface area contributed by atoms with Crippen LogP contribution in [0, 0.1) is 13.8 Å². The molecule has 0 aliphatic heterocycles. The van der Waals surface area contributed by atoms with E-state index < -0.39 is 13.9 Å². The molecule has 2 aromatic heterocycles. The van der Waals surface area contributed by atoms with Crippen LogP contribution in [0.2, 0.25) is 0 Å². The molecule has 2 heterocycles. The van der Waals surface area contributed by atoms with Crippen molar-refractivity contribution in [1.82, 2.24) is 9.97 Å². The number of aryl methyl sites for hydroxylation is 2. The molecule has 0 unspecified atom stereocenters. The molecular weight excluding hydrogens is 804 g/mol. The summed E-state index contributed by atoms with van der Waals surface area (Å²) in [5, 5.41) is 3.41. The van der Waals surface area contributed by atoms with Gasteiger partial charge in [-0.25, -0.2) is 0 Å². The maximum atomic E-state index is 11.8. The number of ketones is 1. The number of carbonyl (C=O) groups is 2. The summed E-state index contributed by atoms with van der Waals surface area (Å²) >= 11 is 7.95. The number of carbonyl (C=O) groups excluding carboxylic acids is 2. The van der Waals surface area contributed by atoms with Gasteiger partial charge < -0.3 is 9.97 Å². The van der Waals surface area contributed by atoms with E-state index in [4.69, 9.17) is 47.3 Å². The number of Topliss-reactive ketones (excluding diaryl/α,β-unsaturated/α-hetero) is 1. The van der Waals surface area contributed by atoms with Gasteiger partial charge in [-0.2, -0.15) is 0 Å². The Balaban J connectivity index is 0.000000267. The Bertz CT molecular complexity index is 1250. The molecule has 0 radical (unpaired) electrons. The SMILES string of the molecule is Cc1cccc2c(C(=O)CCBr)c[nH]c12.Cc1cccc2cc[nH]c12.O=C(Cl)CCBr.[Cl][Sn]([Cl])([Cl])[Cl]. The Labute approximate surface area is 251 Å². The summed E-state index contributed by atoms with van der Waals surface area (Å²) in [5.74, 6) is 0.184. The molecule has 4 nitrogen and oxygen atoms in total. The summed E-state index contributed by atoms with van der Waals surface area (Å²) in [5.41, 5.74) is 5.60. The zero-order valence-electron chi connectivity index (χ0n) is 19.5. The van der Waals surface area contributed by atoms with Gasteiger partial charge in [0.15, 0.2) is 5.78 Å². The molecule has 0 amide bonds. The third-order valence-electron chi connectivity index (χ3n) is 4.63. The Morgan fingerprint density at radius 3 is 1.89 bits per heavy atom. The molecule has 0 aliphatic rings. The number of rotatable bonds is 5. The molecule has 196 valence electrons. The molecule has 12 heteroatoms. The van der Waals surface area contributed by atoms with Gasteiger partial charge >= 0.3 is 49.6 Å². The summed E-state index contributed by atoms with van der Waals surface area (Å²) in [6, 6.07) is 14.4. The molecular formula is C24H25Br2Cl5N2O2Sn. The zero-order chi connectivity index (χ0) is 27.3. The number of H-pyrrole nitrogens is 2. The number of aromatic amines is 2. The fourth-order valence-electron chi connectivity index (χ4n) is 3.07. The number of nitrogens with one attached hydrogen (secondary N) is 2. The summed E-state index contributed by atoms with van der Waals surface area (Å²) in [6.07, 6.45) is 4.74. The van der Waals surface area contributed by atoms with E-state index >= 15 is 0 Å². The van der Waals surface area contributed by atoms with Crippen molar-refractivity contribution in [3.8, 4) is 0 Å². The van der Waals surface area contributed by atoms with Crippen LogP contribution in [0.1, 0.15) is 34.3 Å². The van der Waals surface area contributed by atoms with E-state index in [2.05, 4.69) is 73.0 Å². The van der Waals surface area contributed by atoms with Crippen LogP contribution in [0.3, 0.4) is 0 Å². The maximum absolute atomic E-state index is 11.8. The fourth-order valence-corrected chi connectivity index (χ4v) is 4.12. The molecule has 4 rings (SSSR count). The first-order valence-electron chi connectivity index (χ1n) is 10.6. The van der Waals surface area contributed by atoms with Gasteiger partial charge in [-0.05, 0) is 48.0 Å². The van der Waals surface area contributed by atoms with Crippen LogP contribution >= 0.6 is 79.1 Å². The van der Waals surface area contributed by atoms with E-state index in [9.17, 15) is 9.59 Å². The van der Waals surface area contributed by atoms with Crippen molar-refractivity contribution in [1.29, 1.82) is 0 Å². The van der Waals surface area contributed by atoms with Crippen LogP contribution < -0.4 is 0 Å². The Morgan fingerprint density at radius 1 is 0.833 bits per heavy atom. The fraction of sp³-hybridized carbons (Fsp3) is 0.250. The van der Waals surface area contributed by atoms with E-state index in [1.165, 1.54) is 22.0 Å². The molecule has 0 saturated heterocycles. The van der Waals surface area contributed by atoms with E-state index in [0.717, 1.165) is 16.5 Å². The van der Waals surface area contributed by atoms with E-state index in [-0.39, 0.29) is 11.0 Å². The minimum atomic E-state index is -3.29. The Kier molecular flexibility index (Phi) is 16.7. The number of hydrogen-bond donors (Lipinski definition) is 2. The first-order chi connectivity index (χ1) is 16.9. The molecule has 0 saturated carbocycles. The number of para-hydroxylation sites is 2. The number of aromatic nitrogens is 2. The van der Waals surface area contributed by atoms with Crippen LogP contribution in [-0.2, 0) is 4.79 Å². The van der Waals surface area contributed by atoms with Crippen molar-refractivity contribution in [2.24, 2.45) is 0 Å². The van der Waals surface area contributed by atoms with Gasteiger partial charge in [-0.1, -0.05) is 68.3 Å². The second kappa shape index (κ2) is 17.6. The summed E-state index contributed by atoms with van der Waals surface area (Å²) in [6.45, 7) is 4.15. The topological polar surface area (TPSA) is 65.7 Å². The number of benzene rings is 2. The van der Waals surface area contributed by atoms with Gasteiger partial charge in [0.05, 0.1) is 0 Å².